The number of aromatic nitrogens is 2. The first kappa shape index (κ1) is 10.1. The Morgan fingerprint density at radius 2 is 2.38 bits per heavy atom. The molecule has 4 heteroatoms. The van der Waals surface area contributed by atoms with Crippen molar-refractivity contribution in [3.63, 3.8) is 0 Å². The van der Waals surface area contributed by atoms with Crippen molar-refractivity contribution in [3.05, 3.63) is 29.0 Å². The maximum absolute atomic E-state index is 6.09. The van der Waals surface area contributed by atoms with Crippen LogP contribution in [0.1, 0.15) is 25.3 Å². The van der Waals surface area contributed by atoms with Crippen LogP contribution >= 0.6 is 11.6 Å². The molecule has 1 aliphatic heterocycles. The normalized spacial score (nSPS) is 25.4. The Bertz CT molecular complexity index is 523. The zero-order valence-corrected chi connectivity index (χ0v) is 9.79. The summed E-state index contributed by atoms with van der Waals surface area (Å²) in [4.78, 5) is 7.82. The van der Waals surface area contributed by atoms with Gasteiger partial charge in [-0.15, -0.1) is 0 Å². The van der Waals surface area contributed by atoms with E-state index >= 15 is 0 Å². The lowest BCUT2D eigenvalue weighted by atomic mass is 10.0. The molecule has 1 saturated heterocycles. The minimum Gasteiger partial charge on any atom is -0.370 e. The van der Waals surface area contributed by atoms with Crippen LogP contribution in [0.3, 0.4) is 0 Å². The van der Waals surface area contributed by atoms with Gasteiger partial charge >= 0.3 is 0 Å². The molecular formula is C12H13ClN2O. The minimum atomic E-state index is 0.0865. The molecule has 0 spiro atoms. The predicted molar refractivity (Wildman–Crippen MR) is 63.6 cm³/mol. The van der Waals surface area contributed by atoms with E-state index in [4.69, 9.17) is 16.3 Å². The molecule has 0 bridgehead atoms. The SMILES string of the molecule is CC1CCOC1c1nc2c(Cl)cccc2[nH]1. The molecule has 16 heavy (non-hydrogen) atoms. The van der Waals surface area contributed by atoms with Crippen molar-refractivity contribution in [1.82, 2.24) is 9.97 Å². The summed E-state index contributed by atoms with van der Waals surface area (Å²) in [6.07, 6.45) is 1.18. The van der Waals surface area contributed by atoms with Gasteiger partial charge in [-0.2, -0.15) is 0 Å². The highest BCUT2D eigenvalue weighted by atomic mass is 35.5. The van der Waals surface area contributed by atoms with Gasteiger partial charge in [0.15, 0.2) is 0 Å². The predicted octanol–water partition coefficient (Wildman–Crippen LogP) is 3.31. The Morgan fingerprint density at radius 3 is 3.06 bits per heavy atom. The summed E-state index contributed by atoms with van der Waals surface area (Å²) in [5.41, 5.74) is 1.81. The van der Waals surface area contributed by atoms with Crippen LogP contribution in [0.15, 0.2) is 18.2 Å². The van der Waals surface area contributed by atoms with Gasteiger partial charge in [0.1, 0.15) is 17.4 Å². The van der Waals surface area contributed by atoms with Gasteiger partial charge in [-0.3, -0.25) is 0 Å². The second-order valence-corrected chi connectivity index (χ2v) is 4.72. The molecule has 1 fully saturated rings. The fourth-order valence-corrected chi connectivity index (χ4v) is 2.41. The van der Waals surface area contributed by atoms with Crippen LogP contribution in [0.2, 0.25) is 5.02 Å². The third kappa shape index (κ3) is 1.51. The van der Waals surface area contributed by atoms with Gasteiger partial charge in [0.25, 0.3) is 0 Å². The standard InChI is InChI=1S/C12H13ClN2O/c1-7-5-6-16-11(7)12-14-9-4-2-3-8(13)10(9)15-12/h2-4,7,11H,5-6H2,1H3,(H,14,15). The molecule has 1 N–H and O–H groups in total. The fraction of sp³-hybridized carbons (Fsp3) is 0.417. The molecule has 2 unspecified atom stereocenters. The molecule has 2 aromatic rings. The first-order chi connectivity index (χ1) is 7.75. The Balaban J connectivity index is 2.08. The van der Waals surface area contributed by atoms with Gasteiger partial charge < -0.3 is 9.72 Å². The number of rotatable bonds is 1. The number of para-hydroxylation sites is 1. The number of hydrogen-bond donors (Lipinski definition) is 1. The van der Waals surface area contributed by atoms with E-state index in [9.17, 15) is 0 Å². The van der Waals surface area contributed by atoms with E-state index in [-0.39, 0.29) is 6.10 Å². The summed E-state index contributed by atoms with van der Waals surface area (Å²) in [5.74, 6) is 1.41. The topological polar surface area (TPSA) is 37.9 Å². The molecule has 0 aliphatic carbocycles. The number of fused-ring (bicyclic) bond motifs is 1. The summed E-state index contributed by atoms with van der Waals surface area (Å²) in [6, 6.07) is 5.76. The number of imidazole rings is 1. The van der Waals surface area contributed by atoms with E-state index in [1.165, 1.54) is 0 Å². The monoisotopic (exact) mass is 236 g/mol. The molecular weight excluding hydrogens is 224 g/mol. The molecule has 0 saturated carbocycles. The minimum absolute atomic E-state index is 0.0865. The van der Waals surface area contributed by atoms with Crippen LogP contribution in [0, 0.1) is 5.92 Å². The lowest BCUT2D eigenvalue weighted by Crippen LogP contribution is -2.05. The molecule has 1 aromatic carbocycles. The third-order valence-electron chi connectivity index (χ3n) is 3.14. The van der Waals surface area contributed by atoms with E-state index in [1.54, 1.807) is 0 Å². The number of halogens is 1. The second-order valence-electron chi connectivity index (χ2n) is 4.32. The van der Waals surface area contributed by atoms with Crippen LogP contribution in [0.25, 0.3) is 11.0 Å². The molecule has 2 atom stereocenters. The van der Waals surface area contributed by atoms with Crippen molar-refractivity contribution in [2.75, 3.05) is 6.61 Å². The molecule has 2 heterocycles. The van der Waals surface area contributed by atoms with E-state index in [0.29, 0.717) is 10.9 Å². The number of hydrogen-bond acceptors (Lipinski definition) is 2. The quantitative estimate of drug-likeness (QED) is 0.825. The van der Waals surface area contributed by atoms with Gasteiger partial charge in [-0.1, -0.05) is 24.6 Å². The highest BCUT2D eigenvalue weighted by Gasteiger charge is 2.28. The van der Waals surface area contributed by atoms with Crippen molar-refractivity contribution < 1.29 is 4.74 Å². The maximum atomic E-state index is 6.09. The third-order valence-corrected chi connectivity index (χ3v) is 3.44. The van der Waals surface area contributed by atoms with Gasteiger partial charge in [0.2, 0.25) is 0 Å². The van der Waals surface area contributed by atoms with E-state index in [0.717, 1.165) is 29.9 Å². The Kier molecular flexibility index (Phi) is 2.37. The lowest BCUT2D eigenvalue weighted by molar-refractivity contribution is 0.0883. The zero-order chi connectivity index (χ0) is 11.1. The second kappa shape index (κ2) is 3.75. The number of nitrogens with zero attached hydrogens (tertiary/aromatic N) is 1. The molecule has 0 radical (unpaired) electrons. The molecule has 84 valence electrons. The largest absolute Gasteiger partial charge is 0.370 e. The van der Waals surface area contributed by atoms with Crippen LogP contribution < -0.4 is 0 Å². The van der Waals surface area contributed by atoms with E-state index < -0.39 is 0 Å². The number of ether oxygens (including phenoxy) is 1. The van der Waals surface area contributed by atoms with Gasteiger partial charge in [0.05, 0.1) is 10.5 Å². The highest BCUT2D eigenvalue weighted by Crippen LogP contribution is 2.34. The number of aromatic amines is 1. The van der Waals surface area contributed by atoms with E-state index in [2.05, 4.69) is 16.9 Å². The maximum Gasteiger partial charge on any atom is 0.136 e. The number of benzene rings is 1. The molecule has 0 amide bonds. The van der Waals surface area contributed by atoms with Crippen LogP contribution in [0.4, 0.5) is 0 Å². The summed E-state index contributed by atoms with van der Waals surface area (Å²) < 4.78 is 5.68. The first-order valence-electron chi connectivity index (χ1n) is 5.51. The van der Waals surface area contributed by atoms with E-state index in [1.807, 2.05) is 18.2 Å². The Hall–Kier alpha value is -1.06. The summed E-state index contributed by atoms with van der Waals surface area (Å²) in [7, 11) is 0. The average molecular weight is 237 g/mol. The summed E-state index contributed by atoms with van der Waals surface area (Å²) in [6.45, 7) is 3.00. The molecule has 1 aromatic heterocycles. The summed E-state index contributed by atoms with van der Waals surface area (Å²) >= 11 is 6.09. The van der Waals surface area contributed by atoms with Crippen LogP contribution in [-0.2, 0) is 4.74 Å². The molecule has 3 nitrogen and oxygen atoms in total. The average Bonchev–Trinajstić information content (AvgIpc) is 2.84. The fourth-order valence-electron chi connectivity index (χ4n) is 2.20. The van der Waals surface area contributed by atoms with Gasteiger partial charge in [0, 0.05) is 6.61 Å². The van der Waals surface area contributed by atoms with Crippen molar-refractivity contribution in [1.29, 1.82) is 0 Å². The Labute approximate surface area is 98.8 Å². The first-order valence-corrected chi connectivity index (χ1v) is 5.89. The van der Waals surface area contributed by atoms with Crippen molar-refractivity contribution in [2.24, 2.45) is 5.92 Å². The van der Waals surface area contributed by atoms with Crippen LogP contribution in [-0.4, -0.2) is 16.6 Å². The smallest absolute Gasteiger partial charge is 0.136 e. The highest BCUT2D eigenvalue weighted by molar-refractivity contribution is 6.34. The Morgan fingerprint density at radius 1 is 1.50 bits per heavy atom. The molecule has 3 rings (SSSR count). The number of nitrogens with one attached hydrogen (secondary N) is 1. The van der Waals surface area contributed by atoms with Gasteiger partial charge in [-0.25, -0.2) is 4.98 Å². The van der Waals surface area contributed by atoms with Crippen molar-refractivity contribution >= 4 is 22.6 Å². The zero-order valence-electron chi connectivity index (χ0n) is 9.03. The number of H-pyrrole nitrogens is 1. The lowest BCUT2D eigenvalue weighted by Gasteiger charge is -2.10. The molecule has 1 aliphatic rings. The van der Waals surface area contributed by atoms with Crippen molar-refractivity contribution in [3.8, 4) is 0 Å². The van der Waals surface area contributed by atoms with Gasteiger partial charge in [-0.05, 0) is 24.5 Å². The summed E-state index contributed by atoms with van der Waals surface area (Å²) in [5, 5.41) is 0.686. The van der Waals surface area contributed by atoms with Crippen molar-refractivity contribution in [2.45, 2.75) is 19.4 Å². The van der Waals surface area contributed by atoms with Crippen LogP contribution in [0.5, 0.6) is 0 Å².